The van der Waals surface area contributed by atoms with Crippen LogP contribution in [0, 0.1) is 11.8 Å². The van der Waals surface area contributed by atoms with E-state index in [4.69, 9.17) is 0 Å². The Bertz CT molecular complexity index is 1410. The molecule has 1 aliphatic carbocycles. The standard InChI is InChI=1S/C29H31N5O3/c1-18(2)26(29(36)37)34(28(35)20-7-3-4-8-20)17-19-11-12-22-16-23(14-13-21(22)15-19)24-9-5-6-10-25(24)27-30-32-33-31-27/h5-6,9-16,18,20,26H,3-4,7-8,17H2,1-2H3,(H,36,37)(H,30,31,32,33)/t26-/m0/s1. The van der Waals surface area contributed by atoms with Crippen molar-refractivity contribution in [2.24, 2.45) is 11.8 Å². The van der Waals surface area contributed by atoms with Gasteiger partial charge in [-0.3, -0.25) is 4.79 Å². The molecule has 1 heterocycles. The van der Waals surface area contributed by atoms with Crippen LogP contribution in [0.5, 0.6) is 0 Å². The van der Waals surface area contributed by atoms with Crippen molar-refractivity contribution in [1.29, 1.82) is 0 Å². The number of carboxylic acid groups (broad SMARTS) is 1. The number of aromatic nitrogens is 4. The van der Waals surface area contributed by atoms with Gasteiger partial charge in [-0.2, -0.15) is 5.21 Å². The maximum Gasteiger partial charge on any atom is 0.326 e. The van der Waals surface area contributed by atoms with Crippen LogP contribution in [0.25, 0.3) is 33.3 Å². The predicted molar refractivity (Wildman–Crippen MR) is 141 cm³/mol. The number of nitrogens with one attached hydrogen (secondary N) is 1. The fraction of sp³-hybridized carbons (Fsp3) is 0.345. The minimum absolute atomic E-state index is 0.0351. The van der Waals surface area contributed by atoms with Crippen LogP contribution in [-0.4, -0.2) is 48.5 Å². The first-order valence-electron chi connectivity index (χ1n) is 12.8. The van der Waals surface area contributed by atoms with Crippen molar-refractivity contribution >= 4 is 22.6 Å². The Morgan fingerprint density at radius 3 is 2.38 bits per heavy atom. The number of hydrogen-bond acceptors (Lipinski definition) is 5. The summed E-state index contributed by atoms with van der Waals surface area (Å²) in [5.74, 6) is -0.719. The molecule has 37 heavy (non-hydrogen) atoms. The van der Waals surface area contributed by atoms with Gasteiger partial charge in [0.1, 0.15) is 6.04 Å². The molecule has 1 amide bonds. The van der Waals surface area contributed by atoms with E-state index in [0.29, 0.717) is 5.82 Å². The molecule has 1 saturated carbocycles. The van der Waals surface area contributed by atoms with Gasteiger partial charge in [0.25, 0.3) is 0 Å². The fourth-order valence-corrected chi connectivity index (χ4v) is 5.46. The molecule has 0 bridgehead atoms. The summed E-state index contributed by atoms with van der Waals surface area (Å²) < 4.78 is 0. The number of aliphatic carboxylic acids is 1. The van der Waals surface area contributed by atoms with Crippen LogP contribution in [-0.2, 0) is 16.1 Å². The van der Waals surface area contributed by atoms with Crippen molar-refractivity contribution in [3.05, 3.63) is 66.2 Å². The van der Waals surface area contributed by atoms with Gasteiger partial charge in [0.15, 0.2) is 0 Å². The van der Waals surface area contributed by atoms with Gasteiger partial charge in [-0.1, -0.05) is 75.2 Å². The van der Waals surface area contributed by atoms with Crippen molar-refractivity contribution in [3.63, 3.8) is 0 Å². The van der Waals surface area contributed by atoms with Gasteiger partial charge >= 0.3 is 5.97 Å². The lowest BCUT2D eigenvalue weighted by molar-refractivity contribution is -0.154. The van der Waals surface area contributed by atoms with Gasteiger partial charge in [0.2, 0.25) is 11.7 Å². The molecule has 4 aromatic rings. The number of benzene rings is 3. The number of rotatable bonds is 8. The van der Waals surface area contributed by atoms with Gasteiger partial charge in [-0.15, -0.1) is 10.2 Å². The number of hydrogen-bond donors (Lipinski definition) is 2. The van der Waals surface area contributed by atoms with Crippen LogP contribution in [0.2, 0.25) is 0 Å². The Hall–Kier alpha value is -4.07. The zero-order valence-corrected chi connectivity index (χ0v) is 21.1. The SMILES string of the molecule is CC(C)[C@@H](C(=O)O)N(Cc1ccc2cc(-c3ccccc3-c3nn[nH]n3)ccc2c1)C(=O)C1CCCC1. The van der Waals surface area contributed by atoms with E-state index in [9.17, 15) is 14.7 Å². The second-order valence-corrected chi connectivity index (χ2v) is 10.2. The van der Waals surface area contributed by atoms with Gasteiger partial charge in [-0.05, 0) is 63.6 Å². The smallest absolute Gasteiger partial charge is 0.326 e. The lowest BCUT2D eigenvalue weighted by Gasteiger charge is -2.33. The number of H-pyrrole nitrogens is 1. The topological polar surface area (TPSA) is 112 Å². The molecule has 8 heteroatoms. The second-order valence-electron chi connectivity index (χ2n) is 10.2. The number of carboxylic acids is 1. The first-order chi connectivity index (χ1) is 17.9. The van der Waals surface area contributed by atoms with Crippen LogP contribution in [0.4, 0.5) is 0 Å². The Labute approximate surface area is 215 Å². The Morgan fingerprint density at radius 1 is 1.00 bits per heavy atom. The molecule has 0 saturated heterocycles. The Balaban J connectivity index is 1.46. The highest BCUT2D eigenvalue weighted by Crippen LogP contribution is 2.33. The fourth-order valence-electron chi connectivity index (χ4n) is 5.46. The summed E-state index contributed by atoms with van der Waals surface area (Å²) in [4.78, 5) is 27.2. The number of amides is 1. The largest absolute Gasteiger partial charge is 0.480 e. The first kappa shape index (κ1) is 24.6. The Kier molecular flexibility index (Phi) is 6.99. The summed E-state index contributed by atoms with van der Waals surface area (Å²) >= 11 is 0. The van der Waals surface area contributed by atoms with Crippen LogP contribution in [0.15, 0.2) is 60.7 Å². The van der Waals surface area contributed by atoms with E-state index < -0.39 is 12.0 Å². The van der Waals surface area contributed by atoms with E-state index in [-0.39, 0.29) is 24.3 Å². The average Bonchev–Trinajstić information content (AvgIpc) is 3.62. The molecule has 1 aliphatic rings. The number of carbonyl (C=O) groups excluding carboxylic acids is 1. The highest BCUT2D eigenvalue weighted by Gasteiger charge is 2.36. The number of aromatic amines is 1. The summed E-state index contributed by atoms with van der Waals surface area (Å²) in [6, 6.07) is 19.4. The molecule has 8 nitrogen and oxygen atoms in total. The van der Waals surface area contributed by atoms with Crippen molar-refractivity contribution in [1.82, 2.24) is 25.5 Å². The van der Waals surface area contributed by atoms with Gasteiger partial charge < -0.3 is 10.0 Å². The maximum atomic E-state index is 13.4. The van der Waals surface area contributed by atoms with E-state index in [2.05, 4.69) is 44.9 Å². The predicted octanol–water partition coefficient (Wildman–Crippen LogP) is 5.31. The molecule has 1 fully saturated rings. The molecule has 1 aromatic heterocycles. The highest BCUT2D eigenvalue weighted by molar-refractivity contribution is 5.91. The minimum Gasteiger partial charge on any atom is -0.480 e. The molecule has 0 spiro atoms. The maximum absolute atomic E-state index is 13.4. The van der Waals surface area contributed by atoms with Gasteiger partial charge in [0.05, 0.1) is 0 Å². The summed E-state index contributed by atoms with van der Waals surface area (Å²) in [7, 11) is 0. The molecule has 0 unspecified atom stereocenters. The second kappa shape index (κ2) is 10.5. The third-order valence-corrected chi connectivity index (χ3v) is 7.29. The summed E-state index contributed by atoms with van der Waals surface area (Å²) in [5, 5.41) is 26.5. The van der Waals surface area contributed by atoms with Crippen molar-refractivity contribution in [3.8, 4) is 22.5 Å². The monoisotopic (exact) mass is 497 g/mol. The van der Waals surface area contributed by atoms with E-state index >= 15 is 0 Å². The number of nitrogens with zero attached hydrogens (tertiary/aromatic N) is 4. The van der Waals surface area contributed by atoms with Gasteiger partial charge in [0, 0.05) is 18.0 Å². The molecule has 190 valence electrons. The zero-order chi connectivity index (χ0) is 25.9. The molecular formula is C29H31N5O3. The molecule has 5 rings (SSSR count). The van der Waals surface area contributed by atoms with Crippen molar-refractivity contribution in [2.75, 3.05) is 0 Å². The van der Waals surface area contributed by atoms with Crippen LogP contribution < -0.4 is 0 Å². The quantitative estimate of drug-likeness (QED) is 0.341. The average molecular weight is 498 g/mol. The molecule has 0 radical (unpaired) electrons. The van der Waals surface area contributed by atoms with E-state index in [1.54, 1.807) is 4.90 Å². The lowest BCUT2D eigenvalue weighted by Crippen LogP contribution is -2.49. The van der Waals surface area contributed by atoms with Gasteiger partial charge in [-0.25, -0.2) is 4.79 Å². The molecule has 3 aromatic carbocycles. The highest BCUT2D eigenvalue weighted by atomic mass is 16.4. The van der Waals surface area contributed by atoms with Crippen molar-refractivity contribution < 1.29 is 14.7 Å². The molecule has 1 atom stereocenters. The normalized spacial score (nSPS) is 14.8. The zero-order valence-electron chi connectivity index (χ0n) is 21.1. The number of tetrazole rings is 1. The Morgan fingerprint density at radius 2 is 1.70 bits per heavy atom. The van der Waals surface area contributed by atoms with E-state index in [1.165, 1.54) is 0 Å². The van der Waals surface area contributed by atoms with Crippen molar-refractivity contribution in [2.45, 2.75) is 52.1 Å². The molecule has 2 N–H and O–H groups in total. The van der Waals surface area contributed by atoms with Crippen LogP contribution in [0.3, 0.4) is 0 Å². The van der Waals surface area contributed by atoms with E-state index in [0.717, 1.165) is 58.7 Å². The number of carbonyl (C=O) groups is 2. The molecular weight excluding hydrogens is 466 g/mol. The summed E-state index contributed by atoms with van der Waals surface area (Å²) in [5.41, 5.74) is 3.85. The van der Waals surface area contributed by atoms with Crippen LogP contribution in [0.1, 0.15) is 45.1 Å². The molecule has 0 aliphatic heterocycles. The minimum atomic E-state index is -0.952. The lowest BCUT2D eigenvalue weighted by atomic mass is 9.95. The van der Waals surface area contributed by atoms with E-state index in [1.807, 2.05) is 50.2 Å². The summed E-state index contributed by atoms with van der Waals surface area (Å²) in [6.45, 7) is 4.01. The third kappa shape index (κ3) is 5.09. The summed E-state index contributed by atoms with van der Waals surface area (Å²) in [6.07, 6.45) is 3.73. The first-order valence-corrected chi connectivity index (χ1v) is 12.8. The third-order valence-electron chi connectivity index (χ3n) is 7.29. The van der Waals surface area contributed by atoms with Crippen LogP contribution >= 0.6 is 0 Å². The number of fused-ring (bicyclic) bond motifs is 1.